The number of nitrogens with zero attached hydrogens (tertiary/aromatic N) is 1. The van der Waals surface area contributed by atoms with Crippen LogP contribution < -0.4 is 16.0 Å². The number of rotatable bonds is 4. The highest BCUT2D eigenvalue weighted by atomic mass is 16.2. The molecule has 1 heterocycles. The number of likely N-dealkylation sites (N-methyl/N-ethyl adjacent to an activating group) is 1. The quantitative estimate of drug-likeness (QED) is 0.774. The molecule has 1 aromatic carbocycles. The highest BCUT2D eigenvalue weighted by Crippen LogP contribution is 2.29. The first-order chi connectivity index (χ1) is 8.67. The lowest BCUT2D eigenvalue weighted by molar-refractivity contribution is -0.124. The van der Waals surface area contributed by atoms with Crippen LogP contribution in [0.1, 0.15) is 11.1 Å². The summed E-state index contributed by atoms with van der Waals surface area (Å²) in [6.45, 7) is 0.741. The fraction of sp³-hybridized carbons (Fsp3) is 0.385. The molecule has 0 spiro atoms. The highest BCUT2D eigenvalue weighted by molar-refractivity contribution is 6.19. The van der Waals surface area contributed by atoms with Gasteiger partial charge in [-0.25, -0.2) is 4.90 Å². The van der Waals surface area contributed by atoms with Gasteiger partial charge in [0.15, 0.2) is 0 Å². The second-order valence-corrected chi connectivity index (χ2v) is 4.32. The van der Waals surface area contributed by atoms with Crippen LogP contribution >= 0.6 is 0 Å². The van der Waals surface area contributed by atoms with Gasteiger partial charge in [-0.15, -0.1) is 0 Å². The summed E-state index contributed by atoms with van der Waals surface area (Å²) >= 11 is 0. The van der Waals surface area contributed by atoms with Crippen LogP contribution in [0.15, 0.2) is 18.2 Å². The first kappa shape index (κ1) is 12.7. The molecule has 2 rings (SSSR count). The van der Waals surface area contributed by atoms with Crippen molar-refractivity contribution in [1.82, 2.24) is 5.32 Å². The van der Waals surface area contributed by atoms with Crippen molar-refractivity contribution in [2.75, 3.05) is 25.0 Å². The van der Waals surface area contributed by atoms with Crippen molar-refractivity contribution in [2.24, 2.45) is 5.73 Å². The van der Waals surface area contributed by atoms with E-state index in [1.807, 2.05) is 25.2 Å². The fourth-order valence-electron chi connectivity index (χ4n) is 2.16. The van der Waals surface area contributed by atoms with E-state index < -0.39 is 0 Å². The zero-order valence-electron chi connectivity index (χ0n) is 10.4. The van der Waals surface area contributed by atoms with Crippen molar-refractivity contribution in [3.05, 3.63) is 29.3 Å². The Morgan fingerprint density at radius 2 is 2.28 bits per heavy atom. The maximum atomic E-state index is 11.8. The summed E-state index contributed by atoms with van der Waals surface area (Å²) in [6.07, 6.45) is 1.19. The molecule has 18 heavy (non-hydrogen) atoms. The van der Waals surface area contributed by atoms with Crippen LogP contribution in [-0.4, -0.2) is 32.0 Å². The highest BCUT2D eigenvalue weighted by Gasteiger charge is 2.31. The third-order valence-electron chi connectivity index (χ3n) is 3.06. The van der Waals surface area contributed by atoms with Crippen LogP contribution in [-0.2, 0) is 22.4 Å². The molecule has 0 saturated carbocycles. The molecular weight excluding hydrogens is 230 g/mol. The van der Waals surface area contributed by atoms with Gasteiger partial charge in [0.25, 0.3) is 0 Å². The molecule has 2 amide bonds. The minimum Gasteiger partial charge on any atom is -0.322 e. The number of carbonyl (C=O) groups excluding carboxylic acids is 2. The third kappa shape index (κ3) is 2.27. The van der Waals surface area contributed by atoms with Crippen molar-refractivity contribution < 1.29 is 9.59 Å². The molecule has 5 nitrogen and oxygen atoms in total. The van der Waals surface area contributed by atoms with E-state index in [1.165, 1.54) is 4.90 Å². The summed E-state index contributed by atoms with van der Waals surface area (Å²) in [5, 5.41) is 3.08. The van der Waals surface area contributed by atoms with Crippen LogP contribution in [0.5, 0.6) is 0 Å². The molecule has 1 aromatic rings. The first-order valence-electron chi connectivity index (χ1n) is 5.99. The fourth-order valence-corrected chi connectivity index (χ4v) is 2.16. The van der Waals surface area contributed by atoms with Gasteiger partial charge in [0.2, 0.25) is 11.8 Å². The smallest absolute Gasteiger partial charge is 0.247 e. The average Bonchev–Trinajstić information content (AvgIpc) is 2.70. The Labute approximate surface area is 106 Å². The third-order valence-corrected chi connectivity index (χ3v) is 3.06. The monoisotopic (exact) mass is 247 g/mol. The Morgan fingerprint density at radius 3 is 2.94 bits per heavy atom. The molecule has 96 valence electrons. The van der Waals surface area contributed by atoms with E-state index in [1.54, 1.807) is 0 Å². The van der Waals surface area contributed by atoms with Gasteiger partial charge in [0.1, 0.15) is 0 Å². The summed E-state index contributed by atoms with van der Waals surface area (Å²) in [5.41, 5.74) is 8.08. The second-order valence-electron chi connectivity index (χ2n) is 4.32. The minimum absolute atomic E-state index is 0.146. The zero-order chi connectivity index (χ0) is 13.1. The van der Waals surface area contributed by atoms with Gasteiger partial charge in [-0.3, -0.25) is 9.59 Å². The topological polar surface area (TPSA) is 75.4 Å². The van der Waals surface area contributed by atoms with E-state index >= 15 is 0 Å². The van der Waals surface area contributed by atoms with Crippen LogP contribution in [0, 0.1) is 0 Å². The summed E-state index contributed by atoms with van der Waals surface area (Å²) in [7, 11) is 1.90. The molecule has 3 N–H and O–H groups in total. The normalized spacial score (nSPS) is 13.9. The number of hydrogen-bond acceptors (Lipinski definition) is 4. The Hall–Kier alpha value is -1.72. The number of nitrogens with one attached hydrogen (secondary N) is 1. The van der Waals surface area contributed by atoms with Crippen LogP contribution in [0.2, 0.25) is 0 Å². The van der Waals surface area contributed by atoms with Crippen LogP contribution in [0.25, 0.3) is 0 Å². The van der Waals surface area contributed by atoms with Gasteiger partial charge in [-0.2, -0.15) is 0 Å². The molecule has 1 aliphatic rings. The van der Waals surface area contributed by atoms with Gasteiger partial charge in [0.05, 0.1) is 18.7 Å². The number of amides is 2. The van der Waals surface area contributed by atoms with E-state index in [4.69, 9.17) is 5.73 Å². The zero-order valence-corrected chi connectivity index (χ0v) is 10.4. The molecule has 0 aromatic heterocycles. The Balaban J connectivity index is 2.26. The maximum absolute atomic E-state index is 11.8. The summed E-state index contributed by atoms with van der Waals surface area (Å²) in [5.74, 6) is -0.534. The molecule has 0 fully saturated rings. The van der Waals surface area contributed by atoms with Gasteiger partial charge in [0, 0.05) is 0 Å². The number of nitrogens with two attached hydrogens (primary N) is 1. The molecule has 0 bridgehead atoms. The second kappa shape index (κ2) is 5.29. The van der Waals surface area contributed by atoms with Crippen LogP contribution in [0.4, 0.5) is 5.69 Å². The van der Waals surface area contributed by atoms with E-state index in [9.17, 15) is 9.59 Å². The Kier molecular flexibility index (Phi) is 3.74. The summed E-state index contributed by atoms with van der Waals surface area (Å²) < 4.78 is 0. The predicted octanol–water partition coefficient (Wildman–Crippen LogP) is -0.177. The predicted molar refractivity (Wildman–Crippen MR) is 69.3 cm³/mol. The van der Waals surface area contributed by atoms with Gasteiger partial charge >= 0.3 is 0 Å². The minimum atomic E-state index is -0.346. The number of benzene rings is 1. The van der Waals surface area contributed by atoms with Crippen molar-refractivity contribution in [1.29, 1.82) is 0 Å². The lowest BCUT2D eigenvalue weighted by atomic mass is 10.1. The standard InChI is InChI=1S/C13H17N3O2/c1-15-5-4-9-2-3-11-10(6-9)7-12(17)16(11)13(18)8-14/h2-3,6,15H,4-5,7-8,14H2,1H3. The molecule has 0 unspecified atom stereocenters. The van der Waals surface area contributed by atoms with E-state index in [0.29, 0.717) is 5.69 Å². The SMILES string of the molecule is CNCCc1ccc2c(c1)CC(=O)N2C(=O)CN. The lowest BCUT2D eigenvalue weighted by Gasteiger charge is -2.14. The average molecular weight is 247 g/mol. The number of fused-ring (bicyclic) bond motifs is 1. The van der Waals surface area contributed by atoms with Gasteiger partial charge in [-0.05, 0) is 37.2 Å². The number of hydrogen-bond donors (Lipinski definition) is 2. The molecule has 5 heteroatoms. The molecule has 0 radical (unpaired) electrons. The Morgan fingerprint density at radius 1 is 1.50 bits per heavy atom. The number of anilines is 1. The van der Waals surface area contributed by atoms with Gasteiger partial charge < -0.3 is 11.1 Å². The van der Waals surface area contributed by atoms with Crippen LogP contribution in [0.3, 0.4) is 0 Å². The molecular formula is C13H17N3O2. The maximum Gasteiger partial charge on any atom is 0.247 e. The largest absolute Gasteiger partial charge is 0.322 e. The summed E-state index contributed by atoms with van der Waals surface area (Å²) in [4.78, 5) is 24.6. The van der Waals surface area contributed by atoms with E-state index in [2.05, 4.69) is 5.32 Å². The van der Waals surface area contributed by atoms with Crippen molar-refractivity contribution in [3.63, 3.8) is 0 Å². The lowest BCUT2D eigenvalue weighted by Crippen LogP contribution is -2.38. The van der Waals surface area contributed by atoms with Crippen molar-refractivity contribution in [3.8, 4) is 0 Å². The summed E-state index contributed by atoms with van der Waals surface area (Å²) in [6, 6.07) is 5.78. The molecule has 0 atom stereocenters. The number of imide groups is 1. The van der Waals surface area contributed by atoms with E-state index in [-0.39, 0.29) is 24.8 Å². The van der Waals surface area contributed by atoms with Crippen molar-refractivity contribution in [2.45, 2.75) is 12.8 Å². The van der Waals surface area contributed by atoms with Crippen molar-refractivity contribution >= 4 is 17.5 Å². The molecule has 0 aliphatic carbocycles. The molecule has 0 saturated heterocycles. The Bertz CT molecular complexity index is 485. The van der Waals surface area contributed by atoms with E-state index in [0.717, 1.165) is 24.1 Å². The number of carbonyl (C=O) groups is 2. The molecule has 1 aliphatic heterocycles. The first-order valence-corrected chi connectivity index (χ1v) is 5.99. The van der Waals surface area contributed by atoms with Gasteiger partial charge in [-0.1, -0.05) is 12.1 Å².